The lowest BCUT2D eigenvalue weighted by Crippen LogP contribution is -2.55. The molecule has 1 saturated heterocycles. The van der Waals surface area contributed by atoms with E-state index in [-0.39, 0.29) is 22.7 Å². The molecule has 1 atom stereocenters. The van der Waals surface area contributed by atoms with Gasteiger partial charge in [-0.15, -0.1) is 0 Å². The highest BCUT2D eigenvalue weighted by atomic mass is 35.5. The zero-order valence-corrected chi connectivity index (χ0v) is 20.9. The van der Waals surface area contributed by atoms with Gasteiger partial charge in [-0.25, -0.2) is 12.7 Å². The Balaban J connectivity index is 1.89. The largest absolute Gasteiger partial charge is 0.349 e. The van der Waals surface area contributed by atoms with Crippen LogP contribution in [0.4, 0.5) is 0 Å². The predicted molar refractivity (Wildman–Crippen MR) is 129 cm³/mol. The highest BCUT2D eigenvalue weighted by molar-refractivity contribution is 7.89. The van der Waals surface area contributed by atoms with E-state index in [2.05, 4.69) is 5.32 Å². The Kier molecular flexibility index (Phi) is 7.86. The Morgan fingerprint density at radius 3 is 2.50 bits per heavy atom. The molecular formula is C23H29Cl2N3O3S. The van der Waals surface area contributed by atoms with E-state index in [1.165, 1.54) is 6.07 Å². The molecule has 6 nitrogen and oxygen atoms in total. The number of nitrogens with one attached hydrogen (secondary N) is 1. The summed E-state index contributed by atoms with van der Waals surface area (Å²) < 4.78 is 26.8. The van der Waals surface area contributed by atoms with Gasteiger partial charge in [0.05, 0.1) is 16.3 Å². The summed E-state index contributed by atoms with van der Waals surface area (Å²) in [4.78, 5) is 17.8. The van der Waals surface area contributed by atoms with Gasteiger partial charge in [0.25, 0.3) is 5.91 Å². The fourth-order valence-electron chi connectivity index (χ4n) is 4.37. The van der Waals surface area contributed by atoms with E-state index in [9.17, 15) is 13.2 Å². The third-order valence-corrected chi connectivity index (χ3v) is 8.84. The van der Waals surface area contributed by atoms with Gasteiger partial charge >= 0.3 is 0 Å². The van der Waals surface area contributed by atoms with Gasteiger partial charge in [-0.3, -0.25) is 9.78 Å². The van der Waals surface area contributed by atoms with Crippen LogP contribution in [0.2, 0.25) is 10.0 Å². The summed E-state index contributed by atoms with van der Waals surface area (Å²) in [5.41, 5.74) is 1.58. The highest BCUT2D eigenvalue weighted by Crippen LogP contribution is 2.39. The first kappa shape index (κ1) is 25.0. The van der Waals surface area contributed by atoms with Crippen LogP contribution in [-0.4, -0.2) is 48.5 Å². The third kappa shape index (κ3) is 5.28. The van der Waals surface area contributed by atoms with E-state index >= 15 is 0 Å². The van der Waals surface area contributed by atoms with Crippen molar-refractivity contribution in [3.63, 3.8) is 0 Å². The van der Waals surface area contributed by atoms with Gasteiger partial charge in [0.1, 0.15) is 0 Å². The number of aromatic nitrogens is 1. The van der Waals surface area contributed by atoms with Crippen molar-refractivity contribution in [2.75, 3.05) is 18.8 Å². The molecule has 3 rings (SSSR count). The fourth-order valence-corrected chi connectivity index (χ4v) is 6.38. The number of hydrogen-bond acceptors (Lipinski definition) is 4. The van der Waals surface area contributed by atoms with Crippen molar-refractivity contribution in [2.45, 2.75) is 51.5 Å². The summed E-state index contributed by atoms with van der Waals surface area (Å²) in [6.45, 7) is 6.51. The summed E-state index contributed by atoms with van der Waals surface area (Å²) in [7, 11) is -3.28. The predicted octanol–water partition coefficient (Wildman–Crippen LogP) is 4.59. The molecule has 2 heterocycles. The Hall–Kier alpha value is -1.67. The molecule has 1 fully saturated rings. The lowest BCUT2D eigenvalue weighted by molar-refractivity contribution is 0.0893. The average Bonchev–Trinajstić information content (AvgIpc) is 2.73. The maximum Gasteiger partial charge on any atom is 0.253 e. The van der Waals surface area contributed by atoms with E-state index in [0.29, 0.717) is 42.9 Å². The smallest absolute Gasteiger partial charge is 0.253 e. The van der Waals surface area contributed by atoms with Gasteiger partial charge in [0, 0.05) is 41.0 Å². The lowest BCUT2D eigenvalue weighted by atomic mass is 9.70. The van der Waals surface area contributed by atoms with E-state index in [1.807, 2.05) is 39.0 Å². The van der Waals surface area contributed by atoms with Gasteiger partial charge in [-0.2, -0.15) is 0 Å². The van der Waals surface area contributed by atoms with Crippen molar-refractivity contribution in [3.8, 4) is 0 Å². The monoisotopic (exact) mass is 497 g/mol. The number of sulfonamides is 1. The summed E-state index contributed by atoms with van der Waals surface area (Å²) in [6, 6.07) is 10.3. The summed E-state index contributed by atoms with van der Waals surface area (Å²) in [5.74, 6) is -0.156. The molecule has 2 aromatic rings. The average molecular weight is 498 g/mol. The van der Waals surface area contributed by atoms with Crippen LogP contribution in [0.25, 0.3) is 0 Å². The van der Waals surface area contributed by atoms with Gasteiger partial charge in [0.15, 0.2) is 0 Å². The molecule has 0 radical (unpaired) electrons. The second-order valence-corrected chi connectivity index (χ2v) is 11.3. The second kappa shape index (κ2) is 10.1. The SMILES string of the molecule is CCCS(=O)(=O)N1CCC(c2cccc(C)n2)([C@H](C)NC(=O)c2ccc(Cl)cc2Cl)CC1. The maximum absolute atomic E-state index is 13.0. The van der Waals surface area contributed by atoms with Crippen LogP contribution in [-0.2, 0) is 15.4 Å². The van der Waals surface area contributed by atoms with Crippen LogP contribution in [0.5, 0.6) is 0 Å². The lowest BCUT2D eigenvalue weighted by Gasteiger charge is -2.45. The van der Waals surface area contributed by atoms with Gasteiger partial charge in [-0.05, 0) is 63.4 Å². The molecular weight excluding hydrogens is 469 g/mol. The number of piperidine rings is 1. The number of carbonyl (C=O) groups excluding carboxylic acids is 1. The Bertz CT molecular complexity index is 1080. The quantitative estimate of drug-likeness (QED) is 0.606. The minimum Gasteiger partial charge on any atom is -0.349 e. The van der Waals surface area contributed by atoms with Gasteiger partial charge in [0.2, 0.25) is 10.0 Å². The van der Waals surface area contributed by atoms with E-state index in [1.54, 1.807) is 16.4 Å². The van der Waals surface area contributed by atoms with Crippen LogP contribution in [0, 0.1) is 6.92 Å². The van der Waals surface area contributed by atoms with E-state index in [0.717, 1.165) is 11.4 Å². The molecule has 1 amide bonds. The number of carbonyl (C=O) groups is 1. The zero-order chi connectivity index (χ0) is 23.5. The molecule has 1 aromatic carbocycles. The van der Waals surface area contributed by atoms with Crippen molar-refractivity contribution in [2.24, 2.45) is 0 Å². The molecule has 32 heavy (non-hydrogen) atoms. The molecule has 174 valence electrons. The number of aryl methyl sites for hydroxylation is 1. The van der Waals surface area contributed by atoms with Crippen molar-refractivity contribution in [3.05, 3.63) is 63.4 Å². The molecule has 0 spiro atoms. The molecule has 1 aliphatic heterocycles. The normalized spacial score (nSPS) is 17.7. The van der Waals surface area contributed by atoms with Crippen LogP contribution in [0.15, 0.2) is 36.4 Å². The summed E-state index contributed by atoms with van der Waals surface area (Å²) in [5, 5.41) is 3.83. The standard InChI is InChI=1S/C23H29Cl2N3O3S/c1-4-14-32(30,31)28-12-10-23(11-13-28,21-7-5-6-16(2)26-21)17(3)27-22(29)19-9-8-18(24)15-20(19)25/h5-9,15,17H,4,10-14H2,1-3H3,(H,27,29)/t17-/m0/s1. The number of nitrogens with zero attached hydrogens (tertiary/aromatic N) is 2. The third-order valence-electron chi connectivity index (χ3n) is 6.22. The number of pyridine rings is 1. The van der Waals surface area contributed by atoms with Gasteiger partial charge in [-0.1, -0.05) is 36.2 Å². The van der Waals surface area contributed by atoms with E-state index < -0.39 is 15.4 Å². The number of rotatable bonds is 7. The molecule has 0 bridgehead atoms. The zero-order valence-electron chi connectivity index (χ0n) is 18.6. The van der Waals surface area contributed by atoms with Crippen molar-refractivity contribution in [1.29, 1.82) is 0 Å². The summed E-state index contributed by atoms with van der Waals surface area (Å²) in [6.07, 6.45) is 1.70. The number of hydrogen-bond donors (Lipinski definition) is 1. The number of halogens is 2. The first-order valence-electron chi connectivity index (χ1n) is 10.8. The molecule has 1 aliphatic rings. The minimum absolute atomic E-state index is 0.143. The summed E-state index contributed by atoms with van der Waals surface area (Å²) >= 11 is 12.2. The topological polar surface area (TPSA) is 79.4 Å². The first-order valence-corrected chi connectivity index (χ1v) is 13.1. The van der Waals surface area contributed by atoms with Crippen molar-refractivity contribution >= 4 is 39.1 Å². The Morgan fingerprint density at radius 1 is 1.22 bits per heavy atom. The molecule has 0 aliphatic carbocycles. The number of benzene rings is 1. The van der Waals surface area contributed by atoms with Crippen molar-refractivity contribution in [1.82, 2.24) is 14.6 Å². The fraction of sp³-hybridized carbons (Fsp3) is 0.478. The molecule has 9 heteroatoms. The molecule has 1 aromatic heterocycles. The Labute approximate surface area is 200 Å². The molecule has 0 unspecified atom stereocenters. The van der Waals surface area contributed by atoms with Crippen LogP contribution in [0.3, 0.4) is 0 Å². The Morgan fingerprint density at radius 2 is 1.91 bits per heavy atom. The van der Waals surface area contributed by atoms with Crippen LogP contribution >= 0.6 is 23.2 Å². The second-order valence-electron chi connectivity index (χ2n) is 8.35. The highest BCUT2D eigenvalue weighted by Gasteiger charge is 2.44. The van der Waals surface area contributed by atoms with E-state index in [4.69, 9.17) is 28.2 Å². The van der Waals surface area contributed by atoms with Crippen molar-refractivity contribution < 1.29 is 13.2 Å². The van der Waals surface area contributed by atoms with Crippen LogP contribution in [0.1, 0.15) is 54.9 Å². The van der Waals surface area contributed by atoms with Crippen LogP contribution < -0.4 is 5.32 Å². The first-order chi connectivity index (χ1) is 15.1. The maximum atomic E-state index is 13.0. The minimum atomic E-state index is -3.28. The number of amides is 1. The molecule has 0 saturated carbocycles. The van der Waals surface area contributed by atoms with Gasteiger partial charge < -0.3 is 5.32 Å². The molecule has 1 N–H and O–H groups in total.